The number of ether oxygens (including phenoxy) is 2. The van der Waals surface area contributed by atoms with Crippen LogP contribution in [0.4, 0.5) is 0 Å². The average molecular weight is 233 g/mol. The van der Waals surface area contributed by atoms with Crippen LogP contribution in [-0.2, 0) is 14.3 Å². The van der Waals surface area contributed by atoms with Crippen LogP contribution in [0.2, 0.25) is 0 Å². The lowest BCUT2D eigenvalue weighted by atomic mass is 9.93. The normalized spacial score (nSPS) is 39.4. The molecule has 1 aliphatic heterocycles. The van der Waals surface area contributed by atoms with Gasteiger partial charge in [-0.05, 0) is 6.92 Å². The van der Waals surface area contributed by atoms with Gasteiger partial charge >= 0.3 is 0 Å². The summed E-state index contributed by atoms with van der Waals surface area (Å²) in [5, 5.41) is 21.7. The Morgan fingerprint density at radius 3 is 2.62 bits per heavy atom. The SMILES string of the molecule is CO[C@H]1C(CO)OC(C)C(NC(C)=O)[C@H]1O. The lowest BCUT2D eigenvalue weighted by Gasteiger charge is -2.42. The van der Waals surface area contributed by atoms with Crippen LogP contribution < -0.4 is 5.32 Å². The van der Waals surface area contributed by atoms with E-state index in [1.54, 1.807) is 6.92 Å². The largest absolute Gasteiger partial charge is 0.394 e. The number of aliphatic hydroxyl groups excluding tert-OH is 2. The molecule has 0 saturated carbocycles. The van der Waals surface area contributed by atoms with Gasteiger partial charge in [0.2, 0.25) is 5.91 Å². The first-order valence-electron chi connectivity index (χ1n) is 5.25. The van der Waals surface area contributed by atoms with Crippen molar-refractivity contribution >= 4 is 5.91 Å². The summed E-state index contributed by atoms with van der Waals surface area (Å²) in [6.07, 6.45) is -2.48. The van der Waals surface area contributed by atoms with Crippen molar-refractivity contribution in [1.29, 1.82) is 0 Å². The van der Waals surface area contributed by atoms with Crippen LogP contribution in [0, 0.1) is 0 Å². The molecule has 0 aromatic rings. The zero-order valence-corrected chi connectivity index (χ0v) is 9.71. The monoisotopic (exact) mass is 233 g/mol. The highest BCUT2D eigenvalue weighted by atomic mass is 16.6. The maximum Gasteiger partial charge on any atom is 0.217 e. The van der Waals surface area contributed by atoms with Crippen LogP contribution in [0.3, 0.4) is 0 Å². The van der Waals surface area contributed by atoms with E-state index in [0.29, 0.717) is 0 Å². The van der Waals surface area contributed by atoms with Gasteiger partial charge in [-0.2, -0.15) is 0 Å². The van der Waals surface area contributed by atoms with Crippen molar-refractivity contribution in [2.24, 2.45) is 0 Å². The van der Waals surface area contributed by atoms with Crippen LogP contribution in [0.15, 0.2) is 0 Å². The first kappa shape index (κ1) is 13.4. The van der Waals surface area contributed by atoms with Crippen LogP contribution in [0.25, 0.3) is 0 Å². The van der Waals surface area contributed by atoms with Crippen LogP contribution >= 0.6 is 0 Å². The Hall–Kier alpha value is -0.690. The van der Waals surface area contributed by atoms with Gasteiger partial charge in [-0.3, -0.25) is 4.79 Å². The maximum atomic E-state index is 11.0. The minimum Gasteiger partial charge on any atom is -0.394 e. The number of nitrogens with one attached hydrogen (secondary N) is 1. The van der Waals surface area contributed by atoms with Gasteiger partial charge in [-0.15, -0.1) is 0 Å². The zero-order chi connectivity index (χ0) is 12.3. The topological polar surface area (TPSA) is 88.0 Å². The number of hydrogen-bond donors (Lipinski definition) is 3. The Morgan fingerprint density at radius 2 is 2.19 bits per heavy atom. The van der Waals surface area contributed by atoms with Crippen molar-refractivity contribution in [3.05, 3.63) is 0 Å². The molecular weight excluding hydrogens is 214 g/mol. The molecule has 1 fully saturated rings. The number of amides is 1. The van der Waals surface area contributed by atoms with E-state index >= 15 is 0 Å². The molecule has 0 radical (unpaired) electrons. The van der Waals surface area contributed by atoms with Crippen molar-refractivity contribution in [1.82, 2.24) is 5.32 Å². The number of methoxy groups -OCH3 is 1. The van der Waals surface area contributed by atoms with E-state index in [1.165, 1.54) is 14.0 Å². The van der Waals surface area contributed by atoms with Gasteiger partial charge in [-0.25, -0.2) is 0 Å². The summed E-state index contributed by atoms with van der Waals surface area (Å²) >= 11 is 0. The van der Waals surface area contributed by atoms with E-state index in [2.05, 4.69) is 5.32 Å². The summed E-state index contributed by atoms with van der Waals surface area (Å²) < 4.78 is 10.6. The van der Waals surface area contributed by atoms with Gasteiger partial charge in [0, 0.05) is 14.0 Å². The van der Waals surface area contributed by atoms with E-state index in [1.807, 2.05) is 0 Å². The molecule has 1 aliphatic rings. The molecule has 16 heavy (non-hydrogen) atoms. The summed E-state index contributed by atoms with van der Waals surface area (Å²) in [6, 6.07) is -0.523. The van der Waals surface area contributed by atoms with Crippen molar-refractivity contribution in [3.63, 3.8) is 0 Å². The third kappa shape index (κ3) is 2.70. The Balaban J connectivity index is 2.76. The average Bonchev–Trinajstić information content (AvgIpc) is 2.23. The quantitative estimate of drug-likeness (QED) is 0.561. The predicted molar refractivity (Wildman–Crippen MR) is 55.8 cm³/mol. The third-order valence-corrected chi connectivity index (χ3v) is 2.79. The lowest BCUT2D eigenvalue weighted by molar-refractivity contribution is -0.199. The summed E-state index contributed by atoms with van der Waals surface area (Å²) in [4.78, 5) is 11.0. The Bertz CT molecular complexity index is 247. The lowest BCUT2D eigenvalue weighted by Crippen LogP contribution is -2.63. The molecule has 0 aromatic heterocycles. The first-order chi connectivity index (χ1) is 7.51. The number of rotatable bonds is 3. The van der Waals surface area contributed by atoms with Gasteiger partial charge < -0.3 is 25.0 Å². The van der Waals surface area contributed by atoms with E-state index in [9.17, 15) is 9.90 Å². The molecule has 1 rings (SSSR count). The molecule has 0 spiro atoms. The fourth-order valence-electron chi connectivity index (χ4n) is 2.02. The number of carbonyl (C=O) groups excluding carboxylic acids is 1. The summed E-state index contributed by atoms with van der Waals surface area (Å²) in [6.45, 7) is 2.88. The molecule has 1 amide bonds. The Morgan fingerprint density at radius 1 is 1.56 bits per heavy atom. The van der Waals surface area contributed by atoms with E-state index in [4.69, 9.17) is 14.6 Å². The number of hydrogen-bond acceptors (Lipinski definition) is 5. The molecule has 1 heterocycles. The van der Waals surface area contributed by atoms with Crippen LogP contribution in [0.1, 0.15) is 13.8 Å². The summed E-state index contributed by atoms with van der Waals surface area (Å²) in [7, 11) is 1.43. The molecule has 0 bridgehead atoms. The van der Waals surface area contributed by atoms with Crippen molar-refractivity contribution in [2.75, 3.05) is 13.7 Å². The predicted octanol–water partition coefficient (Wildman–Crippen LogP) is -1.35. The van der Waals surface area contributed by atoms with Crippen molar-refractivity contribution in [2.45, 2.75) is 44.3 Å². The standard InChI is InChI=1S/C10H19NO5/c1-5-8(11-6(2)13)9(14)10(15-3)7(4-12)16-5/h5,7-10,12,14H,4H2,1-3H3,(H,11,13)/t5?,7?,8?,9-,10+/m1/s1. The van der Waals surface area contributed by atoms with E-state index < -0.39 is 24.4 Å². The molecule has 0 aromatic carbocycles. The van der Waals surface area contributed by atoms with E-state index in [-0.39, 0.29) is 18.6 Å². The maximum absolute atomic E-state index is 11.0. The highest BCUT2D eigenvalue weighted by Crippen LogP contribution is 2.22. The van der Waals surface area contributed by atoms with Gasteiger partial charge in [-0.1, -0.05) is 0 Å². The minimum atomic E-state index is -0.894. The van der Waals surface area contributed by atoms with Crippen molar-refractivity contribution in [3.8, 4) is 0 Å². The zero-order valence-electron chi connectivity index (χ0n) is 9.71. The van der Waals surface area contributed by atoms with Crippen LogP contribution in [0.5, 0.6) is 0 Å². The van der Waals surface area contributed by atoms with Gasteiger partial charge in [0.25, 0.3) is 0 Å². The highest BCUT2D eigenvalue weighted by Gasteiger charge is 2.43. The molecular formula is C10H19NO5. The first-order valence-corrected chi connectivity index (χ1v) is 5.25. The molecule has 6 nitrogen and oxygen atoms in total. The Kier molecular flexibility index (Phi) is 4.67. The molecule has 1 saturated heterocycles. The molecule has 94 valence electrons. The van der Waals surface area contributed by atoms with Crippen LogP contribution in [-0.4, -0.2) is 60.3 Å². The van der Waals surface area contributed by atoms with Gasteiger partial charge in [0.15, 0.2) is 0 Å². The van der Waals surface area contributed by atoms with Crippen molar-refractivity contribution < 1.29 is 24.5 Å². The molecule has 3 unspecified atom stereocenters. The molecule has 3 N–H and O–H groups in total. The Labute approximate surface area is 94.5 Å². The van der Waals surface area contributed by atoms with Gasteiger partial charge in [0.05, 0.1) is 18.8 Å². The second-order valence-electron chi connectivity index (χ2n) is 3.98. The molecule has 0 aliphatic carbocycles. The number of aliphatic hydroxyl groups is 2. The second kappa shape index (κ2) is 5.58. The third-order valence-electron chi connectivity index (χ3n) is 2.79. The van der Waals surface area contributed by atoms with E-state index in [0.717, 1.165) is 0 Å². The summed E-state index contributed by atoms with van der Waals surface area (Å²) in [5.41, 5.74) is 0. The highest BCUT2D eigenvalue weighted by molar-refractivity contribution is 5.73. The second-order valence-corrected chi connectivity index (χ2v) is 3.98. The molecule has 6 heteroatoms. The number of carbonyl (C=O) groups is 1. The smallest absolute Gasteiger partial charge is 0.217 e. The van der Waals surface area contributed by atoms with Gasteiger partial charge in [0.1, 0.15) is 18.3 Å². The summed E-state index contributed by atoms with van der Waals surface area (Å²) in [5.74, 6) is -0.239. The molecule has 5 atom stereocenters. The fourth-order valence-corrected chi connectivity index (χ4v) is 2.02. The minimum absolute atomic E-state index is 0.229. The fraction of sp³-hybridized carbons (Fsp3) is 0.900.